The fourth-order valence-electron chi connectivity index (χ4n) is 3.67. The molecule has 0 saturated carbocycles. The molecule has 1 aromatic carbocycles. The van der Waals surface area contributed by atoms with Gasteiger partial charge in [0.15, 0.2) is 5.96 Å². The predicted molar refractivity (Wildman–Crippen MR) is 118 cm³/mol. The first-order valence-corrected chi connectivity index (χ1v) is 9.86. The van der Waals surface area contributed by atoms with Gasteiger partial charge in [-0.25, -0.2) is 0 Å². The van der Waals surface area contributed by atoms with E-state index in [1.54, 1.807) is 0 Å². The van der Waals surface area contributed by atoms with E-state index in [1.165, 1.54) is 18.4 Å². The molecule has 2 saturated heterocycles. The summed E-state index contributed by atoms with van der Waals surface area (Å²) >= 11 is 3.53. The zero-order valence-corrected chi connectivity index (χ0v) is 18.9. The smallest absolute Gasteiger partial charge is 0.193 e. The molecule has 0 bridgehead atoms. The van der Waals surface area contributed by atoms with Gasteiger partial charge in [-0.05, 0) is 50.3 Å². The van der Waals surface area contributed by atoms with Crippen LogP contribution in [0.4, 0.5) is 0 Å². The average molecular weight is 522 g/mol. The molecule has 2 heterocycles. The summed E-state index contributed by atoms with van der Waals surface area (Å²) in [6, 6.07) is 8.55. The van der Waals surface area contributed by atoms with Gasteiger partial charge in [0.25, 0.3) is 0 Å². The van der Waals surface area contributed by atoms with E-state index in [0.29, 0.717) is 5.41 Å². The molecular weight excluding hydrogens is 493 g/mol. The summed E-state index contributed by atoms with van der Waals surface area (Å²) < 4.78 is 6.79. The number of aliphatic imine (C=N–C) groups is 1. The summed E-state index contributed by atoms with van der Waals surface area (Å²) in [5, 5.41) is 3.47. The van der Waals surface area contributed by atoms with Crippen molar-refractivity contribution in [1.82, 2.24) is 10.2 Å². The molecule has 2 aliphatic heterocycles. The second-order valence-corrected chi connectivity index (χ2v) is 7.86. The second-order valence-electron chi connectivity index (χ2n) is 6.94. The first kappa shape index (κ1) is 21.0. The quantitative estimate of drug-likeness (QED) is 0.274. The minimum Gasteiger partial charge on any atom is -0.381 e. The molecule has 1 aromatic rings. The monoisotopic (exact) mass is 521 g/mol. The van der Waals surface area contributed by atoms with E-state index in [2.05, 4.69) is 57.3 Å². The van der Waals surface area contributed by atoms with Crippen LogP contribution in [0.2, 0.25) is 0 Å². The van der Waals surface area contributed by atoms with Gasteiger partial charge in [0.2, 0.25) is 0 Å². The van der Waals surface area contributed by atoms with E-state index in [-0.39, 0.29) is 24.0 Å². The van der Waals surface area contributed by atoms with Crippen molar-refractivity contribution in [3.63, 3.8) is 0 Å². The zero-order valence-electron chi connectivity index (χ0n) is 15.0. The highest BCUT2D eigenvalue weighted by molar-refractivity contribution is 14.0. The minimum atomic E-state index is 0. The number of guanidine groups is 1. The highest BCUT2D eigenvalue weighted by Gasteiger charge is 2.42. The summed E-state index contributed by atoms with van der Waals surface area (Å²) in [7, 11) is 0. The Kier molecular flexibility index (Phi) is 8.48. The van der Waals surface area contributed by atoms with Crippen LogP contribution in [0.1, 0.15) is 31.7 Å². The average Bonchev–Trinajstić information content (AvgIpc) is 3.21. The van der Waals surface area contributed by atoms with Crippen molar-refractivity contribution >= 4 is 45.9 Å². The second kappa shape index (κ2) is 10.1. The molecular formula is C19H29BrIN3O. The SMILES string of the molecule is CCNC(=NCCCc1cccc(Br)c1)N1CCC2(CCOC2)C1.I. The third kappa shape index (κ3) is 5.82. The van der Waals surface area contributed by atoms with E-state index in [0.717, 1.165) is 62.7 Å². The maximum Gasteiger partial charge on any atom is 0.193 e. The Morgan fingerprint density at radius 1 is 1.40 bits per heavy atom. The van der Waals surface area contributed by atoms with Crippen LogP contribution in [-0.4, -0.2) is 50.3 Å². The summed E-state index contributed by atoms with van der Waals surface area (Å²) in [6.07, 6.45) is 4.58. The number of nitrogens with zero attached hydrogens (tertiary/aromatic N) is 2. The van der Waals surface area contributed by atoms with Crippen LogP contribution in [0.3, 0.4) is 0 Å². The summed E-state index contributed by atoms with van der Waals surface area (Å²) in [5.41, 5.74) is 1.75. The van der Waals surface area contributed by atoms with E-state index in [1.807, 2.05) is 0 Å². The highest BCUT2D eigenvalue weighted by Crippen LogP contribution is 2.38. The van der Waals surface area contributed by atoms with Crippen LogP contribution in [0.5, 0.6) is 0 Å². The largest absolute Gasteiger partial charge is 0.381 e. The topological polar surface area (TPSA) is 36.9 Å². The van der Waals surface area contributed by atoms with Crippen molar-refractivity contribution in [3.05, 3.63) is 34.3 Å². The number of benzene rings is 1. The van der Waals surface area contributed by atoms with Gasteiger partial charge in [-0.2, -0.15) is 0 Å². The number of aryl methyl sites for hydroxylation is 1. The fraction of sp³-hybridized carbons (Fsp3) is 0.632. The first-order valence-electron chi connectivity index (χ1n) is 9.06. The standard InChI is InChI=1S/C19H28BrN3O.HI/c1-2-21-18(23-11-8-19(14-23)9-12-24-15-19)22-10-4-6-16-5-3-7-17(20)13-16;/h3,5,7,13H,2,4,6,8-12,14-15H2,1H3,(H,21,22);1H. The number of rotatable bonds is 5. The molecule has 0 radical (unpaired) electrons. The van der Waals surface area contributed by atoms with E-state index < -0.39 is 0 Å². The lowest BCUT2D eigenvalue weighted by Gasteiger charge is -2.25. The van der Waals surface area contributed by atoms with Crippen molar-refractivity contribution in [2.75, 3.05) is 39.4 Å². The van der Waals surface area contributed by atoms with Gasteiger partial charge >= 0.3 is 0 Å². The third-order valence-electron chi connectivity index (χ3n) is 5.03. The maximum atomic E-state index is 5.64. The van der Waals surface area contributed by atoms with Gasteiger partial charge < -0.3 is 15.0 Å². The number of ether oxygens (including phenoxy) is 1. The van der Waals surface area contributed by atoms with Crippen molar-refractivity contribution < 1.29 is 4.74 Å². The Morgan fingerprint density at radius 3 is 3.00 bits per heavy atom. The van der Waals surface area contributed by atoms with Crippen LogP contribution in [0, 0.1) is 5.41 Å². The van der Waals surface area contributed by atoms with Gasteiger partial charge in [0.1, 0.15) is 0 Å². The number of hydrogen-bond donors (Lipinski definition) is 1. The normalized spacial score (nSPS) is 23.1. The molecule has 2 aliphatic rings. The Bertz CT molecular complexity index is 576. The van der Waals surface area contributed by atoms with Crippen molar-refractivity contribution in [2.45, 2.75) is 32.6 Å². The summed E-state index contributed by atoms with van der Waals surface area (Å²) in [5.74, 6) is 1.08. The molecule has 4 nitrogen and oxygen atoms in total. The predicted octanol–water partition coefficient (Wildman–Crippen LogP) is 4.08. The Hall–Kier alpha value is -0.340. The molecule has 25 heavy (non-hydrogen) atoms. The first-order chi connectivity index (χ1) is 11.7. The molecule has 1 unspecified atom stereocenters. The number of hydrogen-bond acceptors (Lipinski definition) is 2. The lowest BCUT2D eigenvalue weighted by atomic mass is 9.87. The van der Waals surface area contributed by atoms with Gasteiger partial charge in [0, 0.05) is 42.7 Å². The molecule has 1 spiro atoms. The van der Waals surface area contributed by atoms with Crippen molar-refractivity contribution in [2.24, 2.45) is 10.4 Å². The molecule has 0 amide bonds. The lowest BCUT2D eigenvalue weighted by Crippen LogP contribution is -2.41. The molecule has 3 rings (SSSR count). The minimum absolute atomic E-state index is 0. The molecule has 6 heteroatoms. The Labute approximate surface area is 176 Å². The molecule has 2 fully saturated rings. The number of nitrogens with one attached hydrogen (secondary N) is 1. The lowest BCUT2D eigenvalue weighted by molar-refractivity contribution is 0.156. The fourth-order valence-corrected chi connectivity index (χ4v) is 4.12. The molecule has 0 aromatic heterocycles. The van der Waals surface area contributed by atoms with Crippen LogP contribution < -0.4 is 5.32 Å². The number of halogens is 2. The Balaban J connectivity index is 0.00000225. The molecule has 1 atom stereocenters. The summed E-state index contributed by atoms with van der Waals surface area (Å²) in [4.78, 5) is 7.29. The van der Waals surface area contributed by atoms with Gasteiger partial charge in [0.05, 0.1) is 6.61 Å². The van der Waals surface area contributed by atoms with Crippen molar-refractivity contribution in [1.29, 1.82) is 0 Å². The molecule has 0 aliphatic carbocycles. The summed E-state index contributed by atoms with van der Waals surface area (Å²) in [6.45, 7) is 7.96. The molecule has 1 N–H and O–H groups in total. The van der Waals surface area contributed by atoms with Crippen LogP contribution in [-0.2, 0) is 11.2 Å². The maximum absolute atomic E-state index is 5.64. The van der Waals surface area contributed by atoms with Crippen molar-refractivity contribution in [3.8, 4) is 0 Å². The van der Waals surface area contributed by atoms with Crippen LogP contribution in [0.15, 0.2) is 33.7 Å². The van der Waals surface area contributed by atoms with Crippen LogP contribution >= 0.6 is 39.9 Å². The van der Waals surface area contributed by atoms with Gasteiger partial charge in [-0.3, -0.25) is 4.99 Å². The number of likely N-dealkylation sites (tertiary alicyclic amines) is 1. The highest BCUT2D eigenvalue weighted by atomic mass is 127. The van der Waals surface area contributed by atoms with Gasteiger partial charge in [-0.15, -0.1) is 24.0 Å². The van der Waals surface area contributed by atoms with Gasteiger partial charge in [-0.1, -0.05) is 28.1 Å². The third-order valence-corrected chi connectivity index (χ3v) is 5.53. The van der Waals surface area contributed by atoms with E-state index >= 15 is 0 Å². The molecule has 140 valence electrons. The van der Waals surface area contributed by atoms with E-state index in [4.69, 9.17) is 9.73 Å². The zero-order chi connectivity index (χ0) is 16.8. The Morgan fingerprint density at radius 2 is 2.28 bits per heavy atom. The van der Waals surface area contributed by atoms with E-state index in [9.17, 15) is 0 Å². The van der Waals surface area contributed by atoms with Crippen LogP contribution in [0.25, 0.3) is 0 Å².